The summed E-state index contributed by atoms with van der Waals surface area (Å²) in [6, 6.07) is 19.3. The van der Waals surface area contributed by atoms with Crippen molar-refractivity contribution in [3.05, 3.63) is 77.5 Å². The molecule has 0 unspecified atom stereocenters. The molecule has 2 aromatic carbocycles. The van der Waals surface area contributed by atoms with Crippen LogP contribution in [0.5, 0.6) is 0 Å². The summed E-state index contributed by atoms with van der Waals surface area (Å²) >= 11 is 0. The van der Waals surface area contributed by atoms with Gasteiger partial charge in [0.15, 0.2) is 6.23 Å². The second-order valence-corrected chi connectivity index (χ2v) is 10.2. The largest absolute Gasteiger partial charge is 0.394 e. The van der Waals surface area contributed by atoms with E-state index in [-0.39, 0.29) is 11.1 Å². The van der Waals surface area contributed by atoms with Crippen molar-refractivity contribution in [3.63, 3.8) is 0 Å². The first-order valence-electron chi connectivity index (χ1n) is 12.2. The van der Waals surface area contributed by atoms with Crippen molar-refractivity contribution in [1.29, 1.82) is 0 Å². The zero-order valence-electron chi connectivity index (χ0n) is 21.1. The van der Waals surface area contributed by atoms with Crippen LogP contribution in [-0.2, 0) is 16.7 Å². The Bertz CT molecular complexity index is 1190. The maximum atomic E-state index is 13.2. The molecule has 0 saturated carbocycles. The number of aromatic nitrogens is 2. The van der Waals surface area contributed by atoms with Crippen molar-refractivity contribution in [2.24, 2.45) is 0 Å². The predicted molar refractivity (Wildman–Crippen MR) is 136 cm³/mol. The molecule has 1 aliphatic heterocycles. The fourth-order valence-corrected chi connectivity index (χ4v) is 4.17. The molecule has 1 aromatic heterocycles. The number of aliphatic hydroxyl groups is 4. The molecule has 10 heteroatoms. The standard InChI is InChI=1S/C27H34N4O6/c1-27(2,3)18-11-9-16(10-12-18)14-31-20(13-19(30-31)17-7-5-4-6-8-17)25(36)28-29-26-24(35)23(34)22(33)21(15-32)37-26/h4-13,21-24,26,29,32-35H,14-15H2,1-3H3,(H,28,36)/t21-,22-,23+,24-,26-/m1/s1. The van der Waals surface area contributed by atoms with Crippen LogP contribution in [0, 0.1) is 0 Å². The lowest BCUT2D eigenvalue weighted by molar-refractivity contribution is -0.238. The summed E-state index contributed by atoms with van der Waals surface area (Å²) in [4.78, 5) is 13.2. The van der Waals surface area contributed by atoms with E-state index in [0.717, 1.165) is 11.1 Å². The van der Waals surface area contributed by atoms with Crippen molar-refractivity contribution in [3.8, 4) is 11.3 Å². The molecule has 0 radical (unpaired) electrons. The molecule has 3 aromatic rings. The minimum absolute atomic E-state index is 0.0197. The van der Waals surface area contributed by atoms with Crippen molar-refractivity contribution < 1.29 is 30.0 Å². The van der Waals surface area contributed by atoms with Crippen molar-refractivity contribution in [2.75, 3.05) is 6.61 Å². The summed E-state index contributed by atoms with van der Waals surface area (Å²) in [6.45, 7) is 6.21. The predicted octanol–water partition coefficient (Wildman–Crippen LogP) is 0.930. The highest BCUT2D eigenvalue weighted by Crippen LogP contribution is 2.24. The molecule has 1 aliphatic rings. The lowest BCUT2D eigenvalue weighted by Crippen LogP contribution is -2.64. The van der Waals surface area contributed by atoms with Gasteiger partial charge in [0, 0.05) is 5.56 Å². The van der Waals surface area contributed by atoms with Gasteiger partial charge in [-0.15, -0.1) is 0 Å². The van der Waals surface area contributed by atoms with Gasteiger partial charge < -0.3 is 25.2 Å². The van der Waals surface area contributed by atoms with Crippen LogP contribution in [0.4, 0.5) is 0 Å². The van der Waals surface area contributed by atoms with E-state index in [2.05, 4.69) is 48.9 Å². The quantitative estimate of drug-likeness (QED) is 0.257. The fraction of sp³-hybridized carbons (Fsp3) is 0.407. The fourth-order valence-electron chi connectivity index (χ4n) is 4.17. The lowest BCUT2D eigenvalue weighted by Gasteiger charge is -2.40. The van der Waals surface area contributed by atoms with Crippen LogP contribution in [-0.4, -0.2) is 73.4 Å². The first kappa shape index (κ1) is 26.9. The van der Waals surface area contributed by atoms with Crippen LogP contribution >= 0.6 is 0 Å². The number of hydrogen-bond donors (Lipinski definition) is 6. The molecule has 6 N–H and O–H groups in total. The van der Waals surface area contributed by atoms with Gasteiger partial charge in [0.1, 0.15) is 30.1 Å². The summed E-state index contributed by atoms with van der Waals surface area (Å²) in [6.07, 6.45) is -6.95. The molecule has 198 valence electrons. The zero-order valence-corrected chi connectivity index (χ0v) is 21.1. The normalized spacial score (nSPS) is 24.1. The highest BCUT2D eigenvalue weighted by atomic mass is 16.6. The van der Waals surface area contributed by atoms with E-state index in [9.17, 15) is 25.2 Å². The zero-order chi connectivity index (χ0) is 26.7. The molecule has 37 heavy (non-hydrogen) atoms. The van der Waals surface area contributed by atoms with Crippen LogP contribution in [0.2, 0.25) is 0 Å². The van der Waals surface area contributed by atoms with Gasteiger partial charge in [-0.05, 0) is 22.6 Å². The highest BCUT2D eigenvalue weighted by Gasteiger charge is 2.43. The number of nitrogens with one attached hydrogen (secondary N) is 2. The molecule has 4 rings (SSSR count). The molecule has 2 heterocycles. The van der Waals surface area contributed by atoms with Crippen molar-refractivity contribution >= 4 is 5.91 Å². The van der Waals surface area contributed by atoms with Gasteiger partial charge in [-0.1, -0.05) is 75.4 Å². The van der Waals surface area contributed by atoms with Crippen LogP contribution in [0.15, 0.2) is 60.7 Å². The van der Waals surface area contributed by atoms with E-state index in [4.69, 9.17) is 4.74 Å². The van der Waals surface area contributed by atoms with Crippen LogP contribution < -0.4 is 10.9 Å². The molecule has 10 nitrogen and oxygen atoms in total. The van der Waals surface area contributed by atoms with Gasteiger partial charge in [0.05, 0.1) is 18.8 Å². The maximum Gasteiger partial charge on any atom is 0.283 e. The van der Waals surface area contributed by atoms with E-state index in [1.807, 2.05) is 42.5 Å². The number of ether oxygens (including phenoxy) is 1. The molecule has 0 bridgehead atoms. The number of aliphatic hydroxyl groups excluding tert-OH is 4. The number of nitrogens with zero attached hydrogens (tertiary/aromatic N) is 2. The second kappa shape index (κ2) is 11.1. The molecule has 5 atom stereocenters. The van der Waals surface area contributed by atoms with E-state index >= 15 is 0 Å². The average Bonchev–Trinajstić information content (AvgIpc) is 3.31. The minimum Gasteiger partial charge on any atom is -0.394 e. The summed E-state index contributed by atoms with van der Waals surface area (Å²) in [5, 5.41) is 44.2. The van der Waals surface area contributed by atoms with Gasteiger partial charge in [-0.2, -0.15) is 5.10 Å². The Hall–Kier alpha value is -3.12. The number of hydrogen-bond acceptors (Lipinski definition) is 8. The molecule has 1 amide bonds. The highest BCUT2D eigenvalue weighted by molar-refractivity contribution is 5.93. The monoisotopic (exact) mass is 510 g/mol. The number of carbonyl (C=O) groups excluding carboxylic acids is 1. The first-order chi connectivity index (χ1) is 17.6. The SMILES string of the molecule is CC(C)(C)c1ccc(Cn2nc(-c3ccccc3)cc2C(=O)NN[C@@H]2O[C@H](CO)[C@@H](O)[C@H](O)[C@H]2O)cc1. The number of amides is 1. The molecular formula is C27H34N4O6. The van der Waals surface area contributed by atoms with E-state index in [1.165, 1.54) is 5.56 Å². The second-order valence-electron chi connectivity index (χ2n) is 10.2. The number of hydrazine groups is 1. The Morgan fingerprint density at radius 3 is 2.30 bits per heavy atom. The summed E-state index contributed by atoms with van der Waals surface area (Å²) in [5.41, 5.74) is 8.95. The van der Waals surface area contributed by atoms with Gasteiger partial charge >= 0.3 is 0 Å². The average molecular weight is 511 g/mol. The van der Waals surface area contributed by atoms with Crippen LogP contribution in [0.3, 0.4) is 0 Å². The maximum absolute atomic E-state index is 13.2. The van der Waals surface area contributed by atoms with Gasteiger partial charge in [0.25, 0.3) is 5.91 Å². The third-order valence-corrected chi connectivity index (χ3v) is 6.45. The Morgan fingerprint density at radius 2 is 1.68 bits per heavy atom. The van der Waals surface area contributed by atoms with Gasteiger partial charge in [-0.25, -0.2) is 5.43 Å². The third kappa shape index (κ3) is 6.07. The Balaban J connectivity index is 1.55. The minimum atomic E-state index is -1.56. The van der Waals surface area contributed by atoms with Gasteiger partial charge in [0.2, 0.25) is 0 Å². The molecular weight excluding hydrogens is 476 g/mol. The molecule has 1 fully saturated rings. The van der Waals surface area contributed by atoms with Gasteiger partial charge in [-0.3, -0.25) is 14.9 Å². The summed E-state index contributed by atoms with van der Waals surface area (Å²) in [7, 11) is 0. The Morgan fingerprint density at radius 1 is 1.00 bits per heavy atom. The van der Waals surface area contributed by atoms with E-state index in [1.54, 1.807) is 10.7 Å². The smallest absolute Gasteiger partial charge is 0.283 e. The Labute approximate surface area is 215 Å². The van der Waals surface area contributed by atoms with Crippen molar-refractivity contribution in [2.45, 2.75) is 63.4 Å². The van der Waals surface area contributed by atoms with Crippen LogP contribution in [0.25, 0.3) is 11.3 Å². The lowest BCUT2D eigenvalue weighted by atomic mass is 9.87. The molecule has 0 aliphatic carbocycles. The third-order valence-electron chi connectivity index (χ3n) is 6.45. The number of rotatable bonds is 7. The summed E-state index contributed by atoms with van der Waals surface area (Å²) < 4.78 is 6.99. The molecule has 0 spiro atoms. The topological polar surface area (TPSA) is 149 Å². The number of carbonyl (C=O) groups is 1. The molecule has 1 saturated heterocycles. The van der Waals surface area contributed by atoms with Crippen LogP contribution in [0.1, 0.15) is 42.4 Å². The van der Waals surface area contributed by atoms with Crippen molar-refractivity contribution in [1.82, 2.24) is 20.6 Å². The van der Waals surface area contributed by atoms with E-state index in [0.29, 0.717) is 12.2 Å². The number of benzene rings is 2. The van der Waals surface area contributed by atoms with E-state index < -0.39 is 43.2 Å². The Kier molecular flexibility index (Phi) is 8.08. The summed E-state index contributed by atoms with van der Waals surface area (Å²) in [5.74, 6) is -0.544. The first-order valence-corrected chi connectivity index (χ1v) is 12.2.